The third kappa shape index (κ3) is 6.23. The number of rotatable bonds is 8. The number of hydrogen-bond donors (Lipinski definition) is 2. The number of benzene rings is 1. The van der Waals surface area contributed by atoms with Crippen LogP contribution in [-0.4, -0.2) is 24.7 Å². The van der Waals surface area contributed by atoms with Crippen molar-refractivity contribution in [2.24, 2.45) is 11.7 Å². The minimum atomic E-state index is 0.357. The van der Waals surface area contributed by atoms with Crippen molar-refractivity contribution in [2.45, 2.75) is 20.3 Å². The zero-order valence-corrected chi connectivity index (χ0v) is 13.0. The van der Waals surface area contributed by atoms with Gasteiger partial charge in [0.1, 0.15) is 4.99 Å². The first-order chi connectivity index (χ1) is 9.00. The largest absolute Gasteiger partial charge is 0.389 e. The van der Waals surface area contributed by atoms with Crippen molar-refractivity contribution in [1.82, 2.24) is 0 Å². The highest BCUT2D eigenvalue weighted by Crippen LogP contribution is 2.22. The summed E-state index contributed by atoms with van der Waals surface area (Å²) in [4.78, 5) is 0.357. The highest BCUT2D eigenvalue weighted by molar-refractivity contribution is 7.80. The van der Waals surface area contributed by atoms with E-state index in [0.29, 0.717) is 15.9 Å². The van der Waals surface area contributed by atoms with E-state index < -0.39 is 0 Å². The molecule has 1 aromatic carbocycles. The van der Waals surface area contributed by atoms with Crippen LogP contribution < -0.4 is 11.1 Å². The minimum absolute atomic E-state index is 0.357. The van der Waals surface area contributed by atoms with Crippen LogP contribution in [0.2, 0.25) is 5.02 Å². The van der Waals surface area contributed by atoms with Crippen molar-refractivity contribution >= 4 is 34.5 Å². The van der Waals surface area contributed by atoms with E-state index in [9.17, 15) is 0 Å². The molecular weight excluding hydrogens is 280 g/mol. The van der Waals surface area contributed by atoms with Crippen LogP contribution in [0.25, 0.3) is 0 Å². The molecule has 1 rings (SSSR count). The second-order valence-corrected chi connectivity index (χ2v) is 5.65. The molecule has 0 saturated heterocycles. The molecule has 1 aromatic rings. The van der Waals surface area contributed by atoms with Crippen molar-refractivity contribution < 1.29 is 4.74 Å². The molecule has 0 aliphatic rings. The third-order valence-electron chi connectivity index (χ3n) is 2.49. The van der Waals surface area contributed by atoms with Gasteiger partial charge in [-0.3, -0.25) is 0 Å². The van der Waals surface area contributed by atoms with Crippen LogP contribution in [0.15, 0.2) is 18.2 Å². The molecule has 0 radical (unpaired) electrons. The average Bonchev–Trinajstić information content (AvgIpc) is 2.34. The quantitative estimate of drug-likeness (QED) is 0.570. The van der Waals surface area contributed by atoms with E-state index in [-0.39, 0.29) is 0 Å². The molecule has 5 heteroatoms. The van der Waals surface area contributed by atoms with E-state index in [0.717, 1.165) is 37.4 Å². The topological polar surface area (TPSA) is 47.3 Å². The monoisotopic (exact) mass is 300 g/mol. The molecule has 0 aromatic heterocycles. The fourth-order valence-corrected chi connectivity index (χ4v) is 1.90. The van der Waals surface area contributed by atoms with Gasteiger partial charge in [0.2, 0.25) is 0 Å². The van der Waals surface area contributed by atoms with Crippen LogP contribution in [0, 0.1) is 5.92 Å². The van der Waals surface area contributed by atoms with Gasteiger partial charge in [0.15, 0.2) is 0 Å². The lowest BCUT2D eigenvalue weighted by Crippen LogP contribution is -2.11. The number of thiocarbonyl (C=S) groups is 1. The van der Waals surface area contributed by atoms with Gasteiger partial charge in [-0.1, -0.05) is 37.7 Å². The number of anilines is 1. The molecule has 0 fully saturated rings. The first kappa shape index (κ1) is 16.2. The van der Waals surface area contributed by atoms with Crippen LogP contribution in [0.3, 0.4) is 0 Å². The maximum absolute atomic E-state index is 6.15. The molecule has 0 saturated carbocycles. The Bertz CT molecular complexity index is 424. The lowest BCUT2D eigenvalue weighted by Gasteiger charge is -2.10. The maximum atomic E-state index is 6.15. The lowest BCUT2D eigenvalue weighted by atomic mass is 10.2. The molecule has 0 amide bonds. The zero-order valence-electron chi connectivity index (χ0n) is 11.4. The number of ether oxygens (including phenoxy) is 1. The van der Waals surface area contributed by atoms with Gasteiger partial charge < -0.3 is 15.8 Å². The van der Waals surface area contributed by atoms with Crippen LogP contribution in [-0.2, 0) is 4.74 Å². The van der Waals surface area contributed by atoms with Gasteiger partial charge in [-0.15, -0.1) is 0 Å². The normalized spacial score (nSPS) is 10.7. The number of nitrogens with one attached hydrogen (secondary N) is 1. The van der Waals surface area contributed by atoms with Crippen LogP contribution in [0.5, 0.6) is 0 Å². The van der Waals surface area contributed by atoms with Gasteiger partial charge in [-0.05, 0) is 30.5 Å². The summed E-state index contributed by atoms with van der Waals surface area (Å²) in [5.41, 5.74) is 7.23. The van der Waals surface area contributed by atoms with Gasteiger partial charge in [0.05, 0.1) is 10.7 Å². The molecule has 3 nitrogen and oxygen atoms in total. The Morgan fingerprint density at radius 2 is 2.21 bits per heavy atom. The van der Waals surface area contributed by atoms with Gasteiger partial charge in [-0.2, -0.15) is 0 Å². The summed E-state index contributed by atoms with van der Waals surface area (Å²) < 4.78 is 5.51. The Morgan fingerprint density at radius 3 is 2.79 bits per heavy atom. The van der Waals surface area contributed by atoms with Gasteiger partial charge in [0, 0.05) is 25.3 Å². The van der Waals surface area contributed by atoms with E-state index in [1.165, 1.54) is 0 Å². The highest BCUT2D eigenvalue weighted by Gasteiger charge is 2.03. The fourth-order valence-electron chi connectivity index (χ4n) is 1.53. The van der Waals surface area contributed by atoms with Crippen LogP contribution in [0.1, 0.15) is 25.8 Å². The number of nitrogens with two attached hydrogens (primary N) is 1. The van der Waals surface area contributed by atoms with E-state index in [4.69, 9.17) is 34.3 Å². The summed E-state index contributed by atoms with van der Waals surface area (Å²) in [6, 6.07) is 5.54. The Balaban J connectivity index is 2.32. The van der Waals surface area contributed by atoms with E-state index >= 15 is 0 Å². The number of halogens is 1. The standard InChI is InChI=1S/C14H21ClN2OS/c1-10(2)9-18-7-3-6-17-13-5-4-11(14(16)19)8-12(13)15/h4-5,8,10,17H,3,6-7,9H2,1-2H3,(H2,16,19). The molecular formula is C14H21ClN2OS. The molecule has 19 heavy (non-hydrogen) atoms. The molecule has 0 heterocycles. The smallest absolute Gasteiger partial charge is 0.104 e. The summed E-state index contributed by atoms with van der Waals surface area (Å²) >= 11 is 11.0. The summed E-state index contributed by atoms with van der Waals surface area (Å²) in [5.74, 6) is 0.579. The second kappa shape index (κ2) is 8.35. The minimum Gasteiger partial charge on any atom is -0.389 e. The summed E-state index contributed by atoms with van der Waals surface area (Å²) in [5, 5.41) is 3.90. The molecule has 0 aliphatic carbocycles. The highest BCUT2D eigenvalue weighted by atomic mass is 35.5. The van der Waals surface area contributed by atoms with E-state index in [1.807, 2.05) is 12.1 Å². The third-order valence-corrected chi connectivity index (χ3v) is 3.03. The Hall–Kier alpha value is -0.840. The Morgan fingerprint density at radius 1 is 1.47 bits per heavy atom. The zero-order chi connectivity index (χ0) is 14.3. The molecule has 0 atom stereocenters. The average molecular weight is 301 g/mol. The van der Waals surface area contributed by atoms with E-state index in [1.54, 1.807) is 6.07 Å². The molecule has 0 bridgehead atoms. The van der Waals surface area contributed by atoms with Crippen molar-refractivity contribution in [3.05, 3.63) is 28.8 Å². The lowest BCUT2D eigenvalue weighted by molar-refractivity contribution is 0.110. The maximum Gasteiger partial charge on any atom is 0.104 e. The Kier molecular flexibility index (Phi) is 7.13. The molecule has 0 aliphatic heterocycles. The Labute approximate surface area is 125 Å². The summed E-state index contributed by atoms with van der Waals surface area (Å²) in [6.45, 7) is 6.67. The van der Waals surface area contributed by atoms with Crippen molar-refractivity contribution in [3.8, 4) is 0 Å². The predicted octanol–water partition coefficient (Wildman–Crippen LogP) is 3.45. The SMILES string of the molecule is CC(C)COCCCNc1ccc(C(N)=S)cc1Cl. The van der Waals surface area contributed by atoms with Crippen LogP contribution >= 0.6 is 23.8 Å². The van der Waals surface area contributed by atoms with Crippen molar-refractivity contribution in [1.29, 1.82) is 0 Å². The predicted molar refractivity (Wildman–Crippen MR) is 86.1 cm³/mol. The van der Waals surface area contributed by atoms with Gasteiger partial charge in [-0.25, -0.2) is 0 Å². The molecule has 106 valence electrons. The number of hydrogen-bond acceptors (Lipinski definition) is 3. The van der Waals surface area contributed by atoms with Gasteiger partial charge in [0.25, 0.3) is 0 Å². The van der Waals surface area contributed by atoms with E-state index in [2.05, 4.69) is 19.2 Å². The molecule has 0 unspecified atom stereocenters. The first-order valence-electron chi connectivity index (χ1n) is 6.41. The van der Waals surface area contributed by atoms with Gasteiger partial charge >= 0.3 is 0 Å². The first-order valence-corrected chi connectivity index (χ1v) is 7.20. The molecule has 0 spiro atoms. The van der Waals surface area contributed by atoms with Crippen LogP contribution in [0.4, 0.5) is 5.69 Å². The van der Waals surface area contributed by atoms with Crippen molar-refractivity contribution in [3.63, 3.8) is 0 Å². The summed E-state index contributed by atoms with van der Waals surface area (Å²) in [6.07, 6.45) is 0.945. The molecule has 3 N–H and O–H groups in total. The fraction of sp³-hybridized carbons (Fsp3) is 0.500. The van der Waals surface area contributed by atoms with Crippen molar-refractivity contribution in [2.75, 3.05) is 25.1 Å². The summed E-state index contributed by atoms with van der Waals surface area (Å²) in [7, 11) is 0. The second-order valence-electron chi connectivity index (χ2n) is 4.81.